The number of hydrogen-bond acceptors (Lipinski definition) is 4. The molecule has 0 aromatic heterocycles. The van der Waals surface area contributed by atoms with Crippen LogP contribution in [0.1, 0.15) is 36.5 Å². The van der Waals surface area contributed by atoms with E-state index in [-0.39, 0.29) is 12.6 Å². The van der Waals surface area contributed by atoms with Gasteiger partial charge in [0.05, 0.1) is 0 Å². The van der Waals surface area contributed by atoms with Gasteiger partial charge in [0.25, 0.3) is 0 Å². The summed E-state index contributed by atoms with van der Waals surface area (Å²) < 4.78 is 10.6. The maximum atomic E-state index is 11.9. The van der Waals surface area contributed by atoms with Crippen LogP contribution >= 0.6 is 0 Å². The number of esters is 1. The molecule has 0 radical (unpaired) electrons. The summed E-state index contributed by atoms with van der Waals surface area (Å²) in [5, 5.41) is 2.85. The largest absolute Gasteiger partial charge is 0.445 e. The third-order valence-corrected chi connectivity index (χ3v) is 4.63. The first-order chi connectivity index (χ1) is 13.1. The van der Waals surface area contributed by atoms with Crippen LogP contribution in [0.15, 0.2) is 48.5 Å². The standard InChI is InChI=1S/C22H25NO4/c1-2-6-21(24)27-20-10-9-18-11-17(12-19(18)13-20)14-23-22(25)26-15-16-7-4-3-5-8-16/h3-5,7-10,13,17H,2,6,11-12,14-15H2,1H3,(H,23,25). The lowest BCUT2D eigenvalue weighted by molar-refractivity contribution is -0.134. The summed E-state index contributed by atoms with van der Waals surface area (Å²) in [4.78, 5) is 23.5. The summed E-state index contributed by atoms with van der Waals surface area (Å²) in [6.07, 6.45) is 2.56. The van der Waals surface area contributed by atoms with Crippen molar-refractivity contribution in [3.63, 3.8) is 0 Å². The zero-order valence-corrected chi connectivity index (χ0v) is 15.6. The molecule has 2 aromatic carbocycles. The number of ether oxygens (including phenoxy) is 2. The minimum atomic E-state index is -0.399. The van der Waals surface area contributed by atoms with E-state index >= 15 is 0 Å². The van der Waals surface area contributed by atoms with E-state index in [9.17, 15) is 9.59 Å². The molecule has 1 aliphatic carbocycles. The Hall–Kier alpha value is -2.82. The molecular formula is C22H25NO4. The smallest absolute Gasteiger partial charge is 0.407 e. The lowest BCUT2D eigenvalue weighted by Crippen LogP contribution is -2.30. The highest BCUT2D eigenvalue weighted by atomic mass is 16.5. The molecule has 0 fully saturated rings. The molecule has 27 heavy (non-hydrogen) atoms. The molecule has 1 atom stereocenters. The van der Waals surface area contributed by atoms with E-state index < -0.39 is 6.09 Å². The topological polar surface area (TPSA) is 64.6 Å². The molecule has 1 amide bonds. The molecule has 3 rings (SSSR count). The van der Waals surface area contributed by atoms with Crippen LogP contribution in [-0.2, 0) is 29.0 Å². The quantitative estimate of drug-likeness (QED) is 0.593. The Labute approximate surface area is 159 Å². The van der Waals surface area contributed by atoms with Crippen LogP contribution in [-0.4, -0.2) is 18.6 Å². The number of alkyl carbamates (subject to hydrolysis) is 1. The molecule has 1 N–H and O–H groups in total. The number of rotatable bonds is 7. The molecule has 0 bridgehead atoms. The maximum absolute atomic E-state index is 11.9. The van der Waals surface area contributed by atoms with Crippen molar-refractivity contribution in [3.8, 4) is 5.75 Å². The molecule has 1 unspecified atom stereocenters. The molecule has 0 saturated carbocycles. The Morgan fingerprint density at radius 1 is 1.07 bits per heavy atom. The van der Waals surface area contributed by atoms with E-state index in [2.05, 4.69) is 5.32 Å². The molecule has 0 heterocycles. The van der Waals surface area contributed by atoms with Gasteiger partial charge in [-0.1, -0.05) is 43.3 Å². The first-order valence-electron chi connectivity index (χ1n) is 9.41. The van der Waals surface area contributed by atoms with Crippen LogP contribution in [0.25, 0.3) is 0 Å². The van der Waals surface area contributed by atoms with Crippen molar-refractivity contribution in [3.05, 3.63) is 65.2 Å². The van der Waals surface area contributed by atoms with Crippen molar-refractivity contribution in [1.29, 1.82) is 0 Å². The summed E-state index contributed by atoms with van der Waals surface area (Å²) in [6.45, 7) is 2.78. The van der Waals surface area contributed by atoms with Gasteiger partial charge in [0.2, 0.25) is 0 Å². The van der Waals surface area contributed by atoms with Gasteiger partial charge in [0, 0.05) is 13.0 Å². The highest BCUT2D eigenvalue weighted by molar-refractivity contribution is 5.72. The lowest BCUT2D eigenvalue weighted by Gasteiger charge is -2.11. The van der Waals surface area contributed by atoms with Crippen molar-refractivity contribution in [1.82, 2.24) is 5.32 Å². The highest BCUT2D eigenvalue weighted by Crippen LogP contribution is 2.29. The fraction of sp³-hybridized carbons (Fsp3) is 0.364. The molecule has 0 saturated heterocycles. The van der Waals surface area contributed by atoms with Gasteiger partial charge >= 0.3 is 12.1 Å². The monoisotopic (exact) mass is 367 g/mol. The summed E-state index contributed by atoms with van der Waals surface area (Å²) >= 11 is 0. The average Bonchev–Trinajstić information content (AvgIpc) is 3.08. The molecule has 0 aliphatic heterocycles. The molecular weight excluding hydrogens is 342 g/mol. The lowest BCUT2D eigenvalue weighted by atomic mass is 10.1. The van der Waals surface area contributed by atoms with Crippen LogP contribution in [0, 0.1) is 5.92 Å². The predicted molar refractivity (Wildman–Crippen MR) is 103 cm³/mol. The summed E-state index contributed by atoms with van der Waals surface area (Å²) in [5.41, 5.74) is 3.39. The number of nitrogens with one attached hydrogen (secondary N) is 1. The van der Waals surface area contributed by atoms with Crippen LogP contribution in [0.3, 0.4) is 0 Å². The summed E-state index contributed by atoms with van der Waals surface area (Å²) in [6, 6.07) is 15.4. The van der Waals surface area contributed by atoms with Gasteiger partial charge in [-0.3, -0.25) is 4.79 Å². The number of fused-ring (bicyclic) bond motifs is 1. The fourth-order valence-electron chi connectivity index (χ4n) is 3.28. The van der Waals surface area contributed by atoms with Gasteiger partial charge < -0.3 is 14.8 Å². The van der Waals surface area contributed by atoms with Crippen molar-refractivity contribution in [2.24, 2.45) is 5.92 Å². The van der Waals surface area contributed by atoms with Gasteiger partial charge in [-0.15, -0.1) is 0 Å². The van der Waals surface area contributed by atoms with E-state index in [1.165, 1.54) is 11.1 Å². The normalized spacial score (nSPS) is 15.1. The Balaban J connectivity index is 1.44. The number of amides is 1. The molecule has 5 heteroatoms. The third-order valence-electron chi connectivity index (χ3n) is 4.63. The van der Waals surface area contributed by atoms with Crippen molar-refractivity contribution in [2.75, 3.05) is 6.54 Å². The van der Waals surface area contributed by atoms with Gasteiger partial charge in [-0.2, -0.15) is 0 Å². The molecule has 0 spiro atoms. The zero-order valence-electron chi connectivity index (χ0n) is 15.6. The maximum Gasteiger partial charge on any atom is 0.407 e. The fourth-order valence-corrected chi connectivity index (χ4v) is 3.28. The van der Waals surface area contributed by atoms with Crippen LogP contribution in [0.5, 0.6) is 5.75 Å². The average molecular weight is 367 g/mol. The van der Waals surface area contributed by atoms with Gasteiger partial charge in [0.1, 0.15) is 12.4 Å². The van der Waals surface area contributed by atoms with E-state index in [4.69, 9.17) is 9.47 Å². The van der Waals surface area contributed by atoms with E-state index in [1.54, 1.807) is 0 Å². The molecule has 5 nitrogen and oxygen atoms in total. The Bertz CT molecular complexity index is 788. The number of carbonyl (C=O) groups excluding carboxylic acids is 2. The first-order valence-corrected chi connectivity index (χ1v) is 9.41. The second kappa shape index (κ2) is 9.21. The van der Waals surface area contributed by atoms with Crippen LogP contribution in [0.4, 0.5) is 4.79 Å². The van der Waals surface area contributed by atoms with Crippen LogP contribution in [0.2, 0.25) is 0 Å². The predicted octanol–water partition coefficient (Wildman–Crippen LogP) is 4.03. The van der Waals surface area contributed by atoms with Crippen molar-refractivity contribution in [2.45, 2.75) is 39.2 Å². The van der Waals surface area contributed by atoms with Crippen molar-refractivity contribution < 1.29 is 19.1 Å². The third kappa shape index (κ3) is 5.58. The Kier molecular flexibility index (Phi) is 6.47. The number of benzene rings is 2. The van der Waals surface area contributed by atoms with Gasteiger partial charge in [-0.25, -0.2) is 4.79 Å². The van der Waals surface area contributed by atoms with Gasteiger partial charge in [-0.05, 0) is 54.0 Å². The second-order valence-electron chi connectivity index (χ2n) is 6.87. The highest BCUT2D eigenvalue weighted by Gasteiger charge is 2.23. The Morgan fingerprint density at radius 2 is 1.85 bits per heavy atom. The van der Waals surface area contributed by atoms with Gasteiger partial charge in [0.15, 0.2) is 0 Å². The number of hydrogen-bond donors (Lipinski definition) is 1. The minimum absolute atomic E-state index is 0.199. The SMILES string of the molecule is CCCC(=O)Oc1ccc2c(c1)CC(CNC(=O)OCc1ccccc1)C2. The molecule has 142 valence electrons. The molecule has 1 aliphatic rings. The molecule has 2 aromatic rings. The zero-order chi connectivity index (χ0) is 19.1. The van der Waals surface area contributed by atoms with E-state index in [1.807, 2.05) is 55.5 Å². The van der Waals surface area contributed by atoms with Crippen LogP contribution < -0.4 is 10.1 Å². The summed E-state index contributed by atoms with van der Waals surface area (Å²) in [5.74, 6) is 0.726. The minimum Gasteiger partial charge on any atom is -0.445 e. The Morgan fingerprint density at radius 3 is 2.63 bits per heavy atom. The second-order valence-corrected chi connectivity index (χ2v) is 6.87. The first kappa shape index (κ1) is 19.0. The van der Waals surface area contributed by atoms with Crippen molar-refractivity contribution >= 4 is 12.1 Å². The summed E-state index contributed by atoms with van der Waals surface area (Å²) in [7, 11) is 0. The van der Waals surface area contributed by atoms with E-state index in [0.29, 0.717) is 24.6 Å². The number of carbonyl (C=O) groups is 2. The van der Waals surface area contributed by atoms with E-state index in [0.717, 1.165) is 24.8 Å².